The maximum absolute atomic E-state index is 12.9. The van der Waals surface area contributed by atoms with Crippen LogP contribution < -0.4 is 9.58 Å². The van der Waals surface area contributed by atoms with E-state index in [1.54, 1.807) is 0 Å². The summed E-state index contributed by atoms with van der Waals surface area (Å²) >= 11 is 0. The van der Waals surface area contributed by atoms with E-state index >= 15 is 0 Å². The first-order chi connectivity index (χ1) is 12.4. The zero-order valence-electron chi connectivity index (χ0n) is 13.6. The van der Waals surface area contributed by atoms with E-state index < -0.39 is 34.4 Å². The van der Waals surface area contributed by atoms with Gasteiger partial charge in [0.15, 0.2) is 22.1 Å². The third-order valence-corrected chi connectivity index (χ3v) is 5.07. The molecular formula is C14H12F5N3O4S. The summed E-state index contributed by atoms with van der Waals surface area (Å²) in [6.45, 7) is -0.718. The molecule has 0 radical (unpaired) electrons. The van der Waals surface area contributed by atoms with E-state index in [2.05, 4.69) is 14.8 Å². The molecule has 2 heterocycles. The summed E-state index contributed by atoms with van der Waals surface area (Å²) in [5, 5.41) is 15.2. The Morgan fingerprint density at radius 2 is 1.85 bits per heavy atom. The Kier molecular flexibility index (Phi) is 5.54. The van der Waals surface area contributed by atoms with Crippen molar-refractivity contribution in [1.29, 1.82) is 0 Å². The van der Waals surface area contributed by atoms with Crippen molar-refractivity contribution in [2.24, 2.45) is 0 Å². The molecule has 7 nitrogen and oxygen atoms in total. The van der Waals surface area contributed by atoms with Gasteiger partial charge >= 0.3 is 18.0 Å². The molecule has 0 aliphatic rings. The number of pyridine rings is 1. The second-order valence-electron chi connectivity index (χ2n) is 5.17. The molecule has 2 aromatic heterocycles. The average Bonchev–Trinajstić information content (AvgIpc) is 2.59. The second-order valence-corrected chi connectivity index (χ2v) is 7.42. The Hall–Kier alpha value is -2.57. The van der Waals surface area contributed by atoms with E-state index in [9.17, 15) is 35.6 Å². The van der Waals surface area contributed by atoms with Crippen LogP contribution in [-0.2, 0) is 9.84 Å². The topological polar surface area (TPSA) is 96.1 Å². The highest BCUT2D eigenvalue weighted by Gasteiger charge is 2.58. The van der Waals surface area contributed by atoms with E-state index in [0.717, 1.165) is 12.1 Å². The smallest absolute Gasteiger partial charge is 0.456 e. The number of hydrogen-bond donors (Lipinski definition) is 0. The number of ether oxygens (including phenoxy) is 1. The van der Waals surface area contributed by atoms with Crippen LogP contribution in [0.15, 0.2) is 35.4 Å². The van der Waals surface area contributed by atoms with Crippen molar-refractivity contribution in [2.75, 3.05) is 12.4 Å². The minimum Gasteiger partial charge on any atom is -0.591 e. The Morgan fingerprint density at radius 1 is 1.19 bits per heavy atom. The number of nitrogens with zero attached hydrogens (tertiary/aromatic N) is 3. The molecule has 148 valence electrons. The van der Waals surface area contributed by atoms with Gasteiger partial charge in [-0.1, -0.05) is 6.92 Å². The molecule has 0 spiro atoms. The van der Waals surface area contributed by atoms with Crippen LogP contribution in [0.2, 0.25) is 0 Å². The van der Waals surface area contributed by atoms with Gasteiger partial charge in [0.25, 0.3) is 0 Å². The van der Waals surface area contributed by atoms with Crippen LogP contribution in [0.3, 0.4) is 0 Å². The van der Waals surface area contributed by atoms with Gasteiger partial charge < -0.3 is 9.94 Å². The second kappa shape index (κ2) is 7.21. The van der Waals surface area contributed by atoms with Gasteiger partial charge in [0, 0.05) is 11.3 Å². The van der Waals surface area contributed by atoms with Crippen LogP contribution in [0, 0.1) is 5.21 Å². The largest absolute Gasteiger partial charge is 0.591 e. The fraction of sp³-hybridized carbons (Fsp3) is 0.357. The van der Waals surface area contributed by atoms with E-state index in [1.165, 1.54) is 25.3 Å². The molecule has 0 bridgehead atoms. The van der Waals surface area contributed by atoms with Gasteiger partial charge in [-0.15, -0.1) is 0 Å². The van der Waals surface area contributed by atoms with E-state index in [4.69, 9.17) is 0 Å². The quantitative estimate of drug-likeness (QED) is 0.409. The van der Waals surface area contributed by atoms with E-state index in [-0.39, 0.29) is 26.9 Å². The van der Waals surface area contributed by atoms with E-state index in [1.807, 2.05) is 0 Å². The predicted molar refractivity (Wildman–Crippen MR) is 80.7 cm³/mol. The van der Waals surface area contributed by atoms with Gasteiger partial charge in [0.2, 0.25) is 0 Å². The zero-order chi connectivity index (χ0) is 20.5. The Labute approximate surface area is 149 Å². The summed E-state index contributed by atoms with van der Waals surface area (Å²) in [5.74, 6) is -6.34. The minimum atomic E-state index is -5.84. The summed E-state index contributed by atoms with van der Waals surface area (Å²) in [7, 11) is -3.72. The summed E-state index contributed by atoms with van der Waals surface area (Å²) in [6, 6.07) is 4.41. The van der Waals surface area contributed by atoms with E-state index in [0.29, 0.717) is 0 Å². The lowest BCUT2D eigenvalue weighted by Crippen LogP contribution is -2.44. The van der Waals surface area contributed by atoms with Crippen molar-refractivity contribution in [3.8, 4) is 17.3 Å². The lowest BCUT2D eigenvalue weighted by molar-refractivity contribution is -0.674. The maximum Gasteiger partial charge on any atom is 0.456 e. The highest BCUT2D eigenvalue weighted by atomic mass is 32.2. The number of alkyl halides is 5. The normalized spacial score (nSPS) is 12.8. The van der Waals surface area contributed by atoms with Crippen LogP contribution in [-0.4, -0.2) is 43.0 Å². The number of aromatic nitrogens is 3. The van der Waals surface area contributed by atoms with Crippen molar-refractivity contribution >= 4 is 9.84 Å². The maximum atomic E-state index is 12.9. The van der Waals surface area contributed by atoms with Crippen molar-refractivity contribution < 1.29 is 40.0 Å². The summed E-state index contributed by atoms with van der Waals surface area (Å²) in [6.07, 6.45) is -4.60. The lowest BCUT2D eigenvalue weighted by Gasteiger charge is -2.18. The van der Waals surface area contributed by atoms with Crippen LogP contribution in [0.1, 0.15) is 6.92 Å². The Balaban J connectivity index is 2.34. The number of hydrogen-bond acceptors (Lipinski definition) is 6. The monoisotopic (exact) mass is 413 g/mol. The third kappa shape index (κ3) is 4.40. The Morgan fingerprint density at radius 3 is 2.41 bits per heavy atom. The van der Waals surface area contributed by atoms with Gasteiger partial charge in [0.05, 0.1) is 16.7 Å². The first-order valence-electron chi connectivity index (χ1n) is 7.25. The highest BCUT2D eigenvalue weighted by molar-refractivity contribution is 7.91. The van der Waals surface area contributed by atoms with Crippen molar-refractivity contribution in [2.45, 2.75) is 23.9 Å². The van der Waals surface area contributed by atoms with Gasteiger partial charge in [-0.25, -0.2) is 8.42 Å². The molecule has 0 N–H and O–H groups in total. The summed E-state index contributed by atoms with van der Waals surface area (Å²) < 4.78 is 90.5. The molecule has 27 heavy (non-hydrogen) atoms. The summed E-state index contributed by atoms with van der Waals surface area (Å²) in [4.78, 5) is 3.30. The molecule has 0 atom stereocenters. The predicted octanol–water partition coefficient (Wildman–Crippen LogP) is 2.15. The molecular weight excluding hydrogens is 401 g/mol. The highest BCUT2D eigenvalue weighted by Crippen LogP contribution is 2.35. The van der Waals surface area contributed by atoms with Crippen LogP contribution >= 0.6 is 0 Å². The van der Waals surface area contributed by atoms with Crippen molar-refractivity contribution in [3.05, 3.63) is 35.7 Å². The van der Waals surface area contributed by atoms with Crippen LogP contribution in [0.4, 0.5) is 22.0 Å². The molecule has 0 amide bonds. The fourth-order valence-electron chi connectivity index (χ4n) is 1.86. The minimum absolute atomic E-state index is 0.170. The van der Waals surface area contributed by atoms with Gasteiger partial charge in [-0.2, -0.15) is 22.0 Å². The lowest BCUT2D eigenvalue weighted by atomic mass is 10.2. The van der Waals surface area contributed by atoms with Gasteiger partial charge in [-0.05, 0) is 23.0 Å². The number of rotatable bonds is 6. The third-order valence-electron chi connectivity index (χ3n) is 3.32. The summed E-state index contributed by atoms with van der Waals surface area (Å²) in [5.41, 5.74) is -0.399. The Bertz CT molecular complexity index is 935. The molecule has 2 aromatic rings. The molecule has 0 aliphatic carbocycles. The number of sulfone groups is 1. The molecule has 0 saturated carbocycles. The van der Waals surface area contributed by atoms with Crippen molar-refractivity contribution in [3.63, 3.8) is 0 Å². The molecule has 0 unspecified atom stereocenters. The first-order valence-corrected chi connectivity index (χ1v) is 8.90. The van der Waals surface area contributed by atoms with Gasteiger partial charge in [0.1, 0.15) is 5.69 Å². The molecule has 2 rings (SSSR count). The van der Waals surface area contributed by atoms with Crippen LogP contribution in [0.25, 0.3) is 11.4 Å². The molecule has 13 heteroatoms. The van der Waals surface area contributed by atoms with Crippen LogP contribution in [0.5, 0.6) is 5.88 Å². The SMILES string of the molecule is CCS(=O)(=O)c1cccnc1-c1ccc(OCC(F)(F)C(F)(F)F)[n+]([O-])n1. The average molecular weight is 413 g/mol. The number of halogens is 5. The first kappa shape index (κ1) is 20.7. The molecule has 0 aromatic carbocycles. The fourth-order valence-corrected chi connectivity index (χ4v) is 2.91. The molecule has 0 aliphatic heterocycles. The molecule has 0 fully saturated rings. The molecule has 0 saturated heterocycles. The van der Waals surface area contributed by atoms with Gasteiger partial charge in [-0.3, -0.25) is 4.98 Å². The standard InChI is InChI=1S/C14H12F5N3O4S/c1-2-27(24,25)10-4-3-7-20-12(10)9-5-6-11(22(23)21-9)26-8-13(15,16)14(17,18)19/h3-7H,2,8H2,1H3. The zero-order valence-corrected chi connectivity index (χ0v) is 14.4. The van der Waals surface area contributed by atoms with Crippen molar-refractivity contribution in [1.82, 2.24) is 10.1 Å².